The summed E-state index contributed by atoms with van der Waals surface area (Å²) < 4.78 is 5.10. The third-order valence-electron chi connectivity index (χ3n) is 3.60. The first-order valence-electron chi connectivity index (χ1n) is 7.16. The largest absolute Gasteiger partial charge is 0.472 e. The summed E-state index contributed by atoms with van der Waals surface area (Å²) in [5.41, 5.74) is 3.08. The van der Waals surface area contributed by atoms with Crippen molar-refractivity contribution in [3.05, 3.63) is 95.9 Å². The lowest BCUT2D eigenvalue weighted by atomic mass is 9.97. The summed E-state index contributed by atoms with van der Waals surface area (Å²) in [6, 6.07) is 23.9. The van der Waals surface area contributed by atoms with Gasteiger partial charge in [0.05, 0.1) is 24.6 Å². The summed E-state index contributed by atoms with van der Waals surface area (Å²) in [6.45, 7) is 0. The topological polar surface area (TPSA) is 49.0 Å². The average molecular weight is 288 g/mol. The van der Waals surface area contributed by atoms with E-state index < -0.39 is 6.04 Å². The van der Waals surface area contributed by atoms with Crippen molar-refractivity contribution in [2.75, 3.05) is 0 Å². The van der Waals surface area contributed by atoms with Crippen LogP contribution in [0.5, 0.6) is 0 Å². The van der Waals surface area contributed by atoms with Crippen molar-refractivity contribution in [1.82, 2.24) is 5.32 Å². The second kappa shape index (κ2) is 6.75. The van der Waals surface area contributed by atoms with Gasteiger partial charge in [0.15, 0.2) is 0 Å². The van der Waals surface area contributed by atoms with E-state index in [0.29, 0.717) is 0 Å². The quantitative estimate of drug-likeness (QED) is 0.764. The first kappa shape index (κ1) is 14.1. The molecule has 2 aromatic carbocycles. The molecule has 1 heterocycles. The van der Waals surface area contributed by atoms with Crippen LogP contribution in [-0.4, -0.2) is 0 Å². The van der Waals surface area contributed by atoms with E-state index in [9.17, 15) is 5.26 Å². The maximum absolute atomic E-state index is 9.49. The molecule has 0 unspecified atom stereocenters. The molecule has 0 spiro atoms. The summed E-state index contributed by atoms with van der Waals surface area (Å²) in [4.78, 5) is 0. The molecule has 0 aliphatic carbocycles. The Balaban J connectivity index is 1.94. The summed E-state index contributed by atoms with van der Waals surface area (Å²) in [7, 11) is 0. The molecule has 0 saturated carbocycles. The van der Waals surface area contributed by atoms with Crippen LogP contribution < -0.4 is 5.32 Å². The van der Waals surface area contributed by atoms with Crippen LogP contribution in [0.25, 0.3) is 0 Å². The molecular weight excluding hydrogens is 272 g/mol. The first-order chi connectivity index (χ1) is 10.9. The van der Waals surface area contributed by atoms with Crippen molar-refractivity contribution >= 4 is 0 Å². The predicted octanol–water partition coefficient (Wildman–Crippen LogP) is 4.22. The summed E-state index contributed by atoms with van der Waals surface area (Å²) in [6.07, 6.45) is 3.19. The summed E-state index contributed by atoms with van der Waals surface area (Å²) in [5.74, 6) is 0. The summed E-state index contributed by atoms with van der Waals surface area (Å²) in [5, 5.41) is 12.9. The van der Waals surface area contributed by atoms with E-state index in [-0.39, 0.29) is 6.04 Å². The number of furan rings is 1. The molecule has 0 amide bonds. The van der Waals surface area contributed by atoms with Crippen molar-refractivity contribution in [3.63, 3.8) is 0 Å². The Morgan fingerprint density at radius 3 is 1.86 bits per heavy atom. The van der Waals surface area contributed by atoms with Gasteiger partial charge in [0, 0.05) is 5.56 Å². The lowest BCUT2D eigenvalue weighted by Gasteiger charge is -2.22. The van der Waals surface area contributed by atoms with Crippen LogP contribution in [0.3, 0.4) is 0 Å². The zero-order valence-electron chi connectivity index (χ0n) is 12.0. The minimum atomic E-state index is -0.427. The van der Waals surface area contributed by atoms with Crippen LogP contribution in [0.2, 0.25) is 0 Å². The van der Waals surface area contributed by atoms with Gasteiger partial charge in [0.25, 0.3) is 0 Å². The molecule has 3 aromatic rings. The Morgan fingerprint density at radius 2 is 1.41 bits per heavy atom. The van der Waals surface area contributed by atoms with Gasteiger partial charge in [0.2, 0.25) is 0 Å². The molecule has 0 aliphatic heterocycles. The first-order valence-corrected chi connectivity index (χ1v) is 7.16. The third kappa shape index (κ3) is 3.08. The van der Waals surface area contributed by atoms with Crippen molar-refractivity contribution in [1.29, 1.82) is 5.26 Å². The number of benzene rings is 2. The Kier molecular flexibility index (Phi) is 4.33. The fourth-order valence-electron chi connectivity index (χ4n) is 2.49. The molecule has 108 valence electrons. The zero-order valence-corrected chi connectivity index (χ0v) is 12.0. The van der Waals surface area contributed by atoms with Gasteiger partial charge in [0.1, 0.15) is 6.04 Å². The van der Waals surface area contributed by atoms with Gasteiger partial charge in [-0.2, -0.15) is 5.26 Å². The van der Waals surface area contributed by atoms with E-state index in [2.05, 4.69) is 35.7 Å². The summed E-state index contributed by atoms with van der Waals surface area (Å²) >= 11 is 0. The van der Waals surface area contributed by atoms with Gasteiger partial charge in [-0.25, -0.2) is 0 Å². The number of nitrogens with one attached hydrogen (secondary N) is 1. The van der Waals surface area contributed by atoms with E-state index in [1.165, 1.54) is 0 Å². The minimum absolute atomic E-state index is 0.0538. The highest BCUT2D eigenvalue weighted by atomic mass is 16.3. The molecule has 1 atom stereocenters. The van der Waals surface area contributed by atoms with E-state index in [1.54, 1.807) is 12.5 Å². The van der Waals surface area contributed by atoms with Gasteiger partial charge >= 0.3 is 0 Å². The smallest absolute Gasteiger partial charge is 0.125 e. The highest BCUT2D eigenvalue weighted by Crippen LogP contribution is 2.25. The molecule has 0 bridgehead atoms. The predicted molar refractivity (Wildman–Crippen MR) is 84.9 cm³/mol. The molecule has 22 heavy (non-hydrogen) atoms. The Labute approximate surface area is 129 Å². The molecule has 3 heteroatoms. The standard InChI is InChI=1S/C19H16N2O/c20-13-18(17-11-12-22-14-17)21-19(15-7-3-1-4-8-15)16-9-5-2-6-10-16/h1-12,14,18-19,21H/t18-/m0/s1. The van der Waals surface area contributed by atoms with Crippen molar-refractivity contribution in [2.24, 2.45) is 0 Å². The average Bonchev–Trinajstić information content (AvgIpc) is 3.12. The number of hydrogen-bond acceptors (Lipinski definition) is 3. The number of hydrogen-bond donors (Lipinski definition) is 1. The van der Waals surface area contributed by atoms with Crippen LogP contribution in [0.1, 0.15) is 28.8 Å². The minimum Gasteiger partial charge on any atom is -0.472 e. The zero-order chi connectivity index (χ0) is 15.2. The van der Waals surface area contributed by atoms with Gasteiger partial charge < -0.3 is 4.42 Å². The van der Waals surface area contributed by atoms with Crippen LogP contribution in [-0.2, 0) is 0 Å². The Morgan fingerprint density at radius 1 is 0.818 bits per heavy atom. The van der Waals surface area contributed by atoms with Crippen LogP contribution in [0.15, 0.2) is 83.7 Å². The van der Waals surface area contributed by atoms with Gasteiger partial charge in [-0.1, -0.05) is 60.7 Å². The highest BCUT2D eigenvalue weighted by Gasteiger charge is 2.20. The molecule has 3 nitrogen and oxygen atoms in total. The van der Waals surface area contributed by atoms with Crippen molar-refractivity contribution < 1.29 is 4.42 Å². The SMILES string of the molecule is N#C[C@H](NC(c1ccccc1)c1ccccc1)c1ccoc1. The van der Waals surface area contributed by atoms with Gasteiger partial charge in [-0.05, 0) is 17.2 Å². The molecular formula is C19H16N2O. The van der Waals surface area contributed by atoms with Crippen molar-refractivity contribution in [2.45, 2.75) is 12.1 Å². The molecule has 1 N–H and O–H groups in total. The Bertz CT molecular complexity index is 691. The second-order valence-corrected chi connectivity index (χ2v) is 5.04. The molecule has 0 aliphatic rings. The molecule has 0 fully saturated rings. The van der Waals surface area contributed by atoms with Crippen LogP contribution in [0, 0.1) is 11.3 Å². The number of nitrogens with zero attached hydrogens (tertiary/aromatic N) is 1. The van der Waals surface area contributed by atoms with Crippen molar-refractivity contribution in [3.8, 4) is 6.07 Å². The van der Waals surface area contributed by atoms with E-state index in [1.807, 2.05) is 42.5 Å². The second-order valence-electron chi connectivity index (χ2n) is 5.04. The van der Waals surface area contributed by atoms with Gasteiger partial charge in [-0.3, -0.25) is 5.32 Å². The molecule has 3 rings (SSSR count). The van der Waals surface area contributed by atoms with E-state index >= 15 is 0 Å². The number of rotatable bonds is 5. The molecule has 0 saturated heterocycles. The lowest BCUT2D eigenvalue weighted by molar-refractivity contribution is 0.535. The maximum atomic E-state index is 9.49. The monoisotopic (exact) mass is 288 g/mol. The van der Waals surface area contributed by atoms with Crippen LogP contribution >= 0.6 is 0 Å². The fourth-order valence-corrected chi connectivity index (χ4v) is 2.49. The third-order valence-corrected chi connectivity index (χ3v) is 3.60. The normalized spacial score (nSPS) is 12.0. The molecule has 0 radical (unpaired) electrons. The highest BCUT2D eigenvalue weighted by molar-refractivity contribution is 5.33. The van der Waals surface area contributed by atoms with Gasteiger partial charge in [-0.15, -0.1) is 0 Å². The molecule has 1 aromatic heterocycles. The van der Waals surface area contributed by atoms with E-state index in [4.69, 9.17) is 4.42 Å². The maximum Gasteiger partial charge on any atom is 0.125 e. The lowest BCUT2D eigenvalue weighted by Crippen LogP contribution is -2.26. The van der Waals surface area contributed by atoms with E-state index in [0.717, 1.165) is 16.7 Å². The number of nitriles is 1. The Hall–Kier alpha value is -2.83. The van der Waals surface area contributed by atoms with Crippen LogP contribution in [0.4, 0.5) is 0 Å². The fraction of sp³-hybridized carbons (Fsp3) is 0.105.